The van der Waals surface area contributed by atoms with Gasteiger partial charge >= 0.3 is 5.97 Å². The van der Waals surface area contributed by atoms with Crippen LogP contribution < -0.4 is 0 Å². The number of ether oxygens (including phenoxy) is 1. The standard InChI is InChI=1S/C24H35NO3Si2/c1-8-28-24(27)18-14-20(29(2,3)4)21-19(22(18)30(5,6)7)16-25(23(21)26)15-17-12-10-9-11-13-17/h9-14,20,22H,8,15-16H2,1-7H3/t20-,22+/m0/s1. The lowest BCUT2D eigenvalue weighted by Crippen LogP contribution is -2.39. The molecular formula is C24H35NO3Si2. The molecule has 1 aliphatic carbocycles. The van der Waals surface area contributed by atoms with Gasteiger partial charge in [0.25, 0.3) is 5.91 Å². The third kappa shape index (κ3) is 4.39. The Morgan fingerprint density at radius 1 is 1.07 bits per heavy atom. The van der Waals surface area contributed by atoms with Crippen LogP contribution in [0.5, 0.6) is 0 Å². The zero-order chi connectivity index (χ0) is 22.3. The Kier molecular flexibility index (Phi) is 6.30. The average molecular weight is 442 g/mol. The van der Waals surface area contributed by atoms with E-state index in [1.807, 2.05) is 30.0 Å². The zero-order valence-corrected chi connectivity index (χ0v) is 21.4. The van der Waals surface area contributed by atoms with Crippen molar-refractivity contribution in [1.29, 1.82) is 0 Å². The van der Waals surface area contributed by atoms with Gasteiger partial charge in [0, 0.05) is 35.3 Å². The number of hydrogen-bond donors (Lipinski definition) is 0. The molecule has 4 nitrogen and oxygen atoms in total. The lowest BCUT2D eigenvalue weighted by Gasteiger charge is -2.39. The Balaban J connectivity index is 2.07. The Bertz CT molecular complexity index is 891. The highest BCUT2D eigenvalue weighted by atomic mass is 28.3. The third-order valence-corrected chi connectivity index (χ3v) is 10.8. The van der Waals surface area contributed by atoms with Crippen LogP contribution >= 0.6 is 0 Å². The van der Waals surface area contributed by atoms with Crippen LogP contribution in [-0.4, -0.2) is 46.1 Å². The first-order valence-corrected chi connectivity index (χ1v) is 18.1. The molecule has 1 aliphatic heterocycles. The minimum absolute atomic E-state index is 0.0314. The highest BCUT2D eigenvalue weighted by molar-refractivity contribution is 6.81. The van der Waals surface area contributed by atoms with Gasteiger partial charge in [0.1, 0.15) is 0 Å². The van der Waals surface area contributed by atoms with E-state index in [-0.39, 0.29) is 23.0 Å². The summed E-state index contributed by atoms with van der Waals surface area (Å²) in [6, 6.07) is 10.2. The second-order valence-corrected chi connectivity index (χ2v) is 21.2. The van der Waals surface area contributed by atoms with Crippen molar-refractivity contribution in [3.8, 4) is 0 Å². The number of benzene rings is 1. The highest BCUT2D eigenvalue weighted by Gasteiger charge is 2.50. The first kappa shape index (κ1) is 22.8. The van der Waals surface area contributed by atoms with Crippen LogP contribution in [0.2, 0.25) is 50.4 Å². The molecule has 0 fully saturated rings. The van der Waals surface area contributed by atoms with Gasteiger partial charge in [-0.3, -0.25) is 4.79 Å². The van der Waals surface area contributed by atoms with E-state index in [2.05, 4.69) is 57.5 Å². The molecule has 0 saturated heterocycles. The van der Waals surface area contributed by atoms with Crippen LogP contribution in [0, 0.1) is 0 Å². The van der Waals surface area contributed by atoms with Gasteiger partial charge in [0.15, 0.2) is 0 Å². The maximum Gasteiger partial charge on any atom is 0.333 e. The zero-order valence-electron chi connectivity index (χ0n) is 19.4. The predicted octanol–water partition coefficient (Wildman–Crippen LogP) is 5.25. The number of carbonyl (C=O) groups excluding carboxylic acids is 2. The van der Waals surface area contributed by atoms with Gasteiger partial charge in [-0.05, 0) is 18.1 Å². The molecule has 6 heteroatoms. The van der Waals surface area contributed by atoms with Crippen molar-refractivity contribution < 1.29 is 14.3 Å². The van der Waals surface area contributed by atoms with Crippen molar-refractivity contribution >= 4 is 28.0 Å². The molecule has 1 aromatic rings. The quantitative estimate of drug-likeness (QED) is 0.448. The van der Waals surface area contributed by atoms with Gasteiger partial charge in [0.2, 0.25) is 0 Å². The molecule has 0 unspecified atom stereocenters. The molecule has 0 N–H and O–H groups in total. The summed E-state index contributed by atoms with van der Waals surface area (Å²) >= 11 is 0. The van der Waals surface area contributed by atoms with Gasteiger partial charge < -0.3 is 9.64 Å². The molecule has 2 aliphatic rings. The molecule has 3 rings (SSSR count). The molecule has 0 radical (unpaired) electrons. The number of carbonyl (C=O) groups is 2. The summed E-state index contributed by atoms with van der Waals surface area (Å²) in [4.78, 5) is 28.6. The van der Waals surface area contributed by atoms with Gasteiger partial charge in [0.05, 0.1) is 22.8 Å². The van der Waals surface area contributed by atoms with Crippen molar-refractivity contribution in [2.45, 2.75) is 63.8 Å². The number of esters is 1. The lowest BCUT2D eigenvalue weighted by atomic mass is 9.92. The molecular weight excluding hydrogens is 406 g/mol. The van der Waals surface area contributed by atoms with Crippen molar-refractivity contribution in [3.63, 3.8) is 0 Å². The molecule has 162 valence electrons. The van der Waals surface area contributed by atoms with Crippen molar-refractivity contribution in [1.82, 2.24) is 4.90 Å². The Morgan fingerprint density at radius 2 is 1.70 bits per heavy atom. The maximum absolute atomic E-state index is 13.6. The summed E-state index contributed by atoms with van der Waals surface area (Å²) in [5.41, 5.74) is 4.19. The van der Waals surface area contributed by atoms with E-state index in [0.717, 1.165) is 16.7 Å². The minimum Gasteiger partial charge on any atom is -0.463 e. The monoisotopic (exact) mass is 441 g/mol. The van der Waals surface area contributed by atoms with Gasteiger partial charge in [-0.2, -0.15) is 0 Å². The molecule has 0 spiro atoms. The van der Waals surface area contributed by atoms with Gasteiger partial charge in [-0.1, -0.05) is 75.7 Å². The molecule has 1 aromatic carbocycles. The molecule has 0 bridgehead atoms. The fraction of sp³-hybridized carbons (Fsp3) is 0.500. The van der Waals surface area contributed by atoms with Gasteiger partial charge in [-0.25, -0.2) is 4.79 Å². The highest BCUT2D eigenvalue weighted by Crippen LogP contribution is 2.52. The fourth-order valence-corrected chi connectivity index (χ4v) is 9.09. The van der Waals surface area contributed by atoms with E-state index in [4.69, 9.17) is 4.74 Å². The number of nitrogens with zero attached hydrogens (tertiary/aromatic N) is 1. The van der Waals surface area contributed by atoms with Crippen molar-refractivity contribution in [2.75, 3.05) is 13.2 Å². The van der Waals surface area contributed by atoms with E-state index >= 15 is 0 Å². The second kappa shape index (κ2) is 8.31. The topological polar surface area (TPSA) is 46.6 Å². The fourth-order valence-electron chi connectivity index (χ4n) is 4.80. The third-order valence-electron chi connectivity index (χ3n) is 6.07. The van der Waals surface area contributed by atoms with Crippen LogP contribution in [0.3, 0.4) is 0 Å². The normalized spacial score (nSPS) is 22.2. The summed E-state index contributed by atoms with van der Waals surface area (Å²) < 4.78 is 5.47. The van der Waals surface area contributed by atoms with Crippen molar-refractivity contribution in [3.05, 3.63) is 58.7 Å². The predicted molar refractivity (Wildman–Crippen MR) is 128 cm³/mol. The van der Waals surface area contributed by atoms with Crippen LogP contribution in [0.15, 0.2) is 53.1 Å². The number of rotatable bonds is 6. The SMILES string of the molecule is CCOC(=O)C1=C[C@H]([Si](C)(C)C)C2=C(CN(Cc3ccccc3)C2=O)[C@@H]1[Si](C)(C)C. The second-order valence-electron chi connectivity index (χ2n) is 10.6. The van der Waals surface area contributed by atoms with E-state index in [1.165, 1.54) is 5.57 Å². The summed E-state index contributed by atoms with van der Waals surface area (Å²) in [6.07, 6.45) is 2.12. The molecule has 1 amide bonds. The summed E-state index contributed by atoms with van der Waals surface area (Å²) in [5.74, 6) is -0.0441. The smallest absolute Gasteiger partial charge is 0.333 e. The summed E-state index contributed by atoms with van der Waals surface area (Å²) in [5, 5.41) is 0. The number of allylic oxidation sites excluding steroid dienone is 1. The number of hydrogen-bond acceptors (Lipinski definition) is 3. The Hall–Kier alpha value is -1.93. The average Bonchev–Trinajstić information content (AvgIpc) is 2.96. The van der Waals surface area contributed by atoms with Crippen LogP contribution in [0.25, 0.3) is 0 Å². The molecule has 0 saturated carbocycles. The summed E-state index contributed by atoms with van der Waals surface area (Å²) in [6.45, 7) is 17.2. The summed E-state index contributed by atoms with van der Waals surface area (Å²) in [7, 11) is -3.61. The van der Waals surface area contributed by atoms with E-state index in [1.54, 1.807) is 0 Å². The molecule has 0 aromatic heterocycles. The van der Waals surface area contributed by atoms with Crippen molar-refractivity contribution in [2.24, 2.45) is 0 Å². The first-order valence-electron chi connectivity index (χ1n) is 10.9. The van der Waals surface area contributed by atoms with E-state index in [0.29, 0.717) is 19.7 Å². The largest absolute Gasteiger partial charge is 0.463 e. The van der Waals surface area contributed by atoms with Crippen LogP contribution in [0.1, 0.15) is 12.5 Å². The number of amides is 1. The lowest BCUT2D eigenvalue weighted by molar-refractivity contribution is -0.138. The van der Waals surface area contributed by atoms with Gasteiger partial charge in [-0.15, -0.1) is 0 Å². The molecule has 2 atom stereocenters. The Morgan fingerprint density at radius 3 is 2.23 bits per heavy atom. The maximum atomic E-state index is 13.6. The molecule has 30 heavy (non-hydrogen) atoms. The minimum atomic E-state index is -1.83. The van der Waals surface area contributed by atoms with E-state index < -0.39 is 16.1 Å². The van der Waals surface area contributed by atoms with Crippen LogP contribution in [0.4, 0.5) is 0 Å². The van der Waals surface area contributed by atoms with E-state index in [9.17, 15) is 9.59 Å². The molecule has 1 heterocycles. The first-order chi connectivity index (χ1) is 13.9. The Labute approximate surface area is 183 Å². The van der Waals surface area contributed by atoms with Crippen LogP contribution in [-0.2, 0) is 20.9 Å².